The number of phosphoric acid groups is 1. The van der Waals surface area contributed by atoms with E-state index in [0.29, 0.717) is 30.3 Å². The maximum atomic E-state index is 13.6. The molecule has 0 aromatic heterocycles. The fourth-order valence-electron chi connectivity index (χ4n) is 8.30. The van der Waals surface area contributed by atoms with Crippen LogP contribution in [0.5, 0.6) is 0 Å². The molecule has 0 rings (SSSR count). The first-order valence-electron chi connectivity index (χ1n) is 31.4. The number of esters is 1. The number of quaternary nitrogens is 1. The van der Waals surface area contributed by atoms with Crippen LogP contribution >= 0.6 is 7.82 Å². The minimum absolute atomic E-state index is 0.0240. The number of rotatable bonds is 55. The molecule has 0 aromatic rings. The molecule has 10 heteroatoms. The van der Waals surface area contributed by atoms with E-state index < -0.39 is 20.0 Å². The summed E-state index contributed by atoms with van der Waals surface area (Å²) in [6, 6.07) is -0.881. The topological polar surface area (TPSA) is 111 Å². The van der Waals surface area contributed by atoms with E-state index in [9.17, 15) is 19.0 Å². The minimum Gasteiger partial charge on any atom is -0.456 e. The molecule has 0 saturated heterocycles. The Morgan fingerprint density at radius 2 is 0.821 bits per heavy atom. The third-order valence-electron chi connectivity index (χ3n) is 13.1. The van der Waals surface area contributed by atoms with Gasteiger partial charge in [0.15, 0.2) is 0 Å². The molecule has 0 spiro atoms. The number of unbranched alkanes of at least 4 members (excludes halogenated alkanes) is 21. The third kappa shape index (κ3) is 57.1. The smallest absolute Gasteiger partial charge is 0.456 e. The van der Waals surface area contributed by atoms with Gasteiger partial charge >= 0.3 is 13.8 Å². The molecule has 0 radical (unpaired) electrons. The van der Waals surface area contributed by atoms with E-state index in [1.54, 1.807) is 0 Å². The molecule has 0 aliphatic rings. The lowest BCUT2D eigenvalue weighted by Gasteiger charge is -2.27. The summed E-state index contributed by atoms with van der Waals surface area (Å²) in [5.41, 5.74) is 0. The van der Waals surface area contributed by atoms with Crippen LogP contribution in [0.1, 0.15) is 245 Å². The van der Waals surface area contributed by atoms with Crippen LogP contribution in [0.15, 0.2) is 122 Å². The number of likely N-dealkylation sites (N-methyl/N-ethyl adjacent to an activating group) is 1. The molecule has 0 heterocycles. The van der Waals surface area contributed by atoms with Gasteiger partial charge in [-0.25, -0.2) is 4.57 Å². The molecule has 2 N–H and O–H groups in total. The van der Waals surface area contributed by atoms with Gasteiger partial charge in [0.25, 0.3) is 0 Å². The first-order chi connectivity index (χ1) is 37.9. The second kappa shape index (κ2) is 56.7. The highest BCUT2D eigenvalue weighted by Gasteiger charge is 2.30. The molecule has 3 atom stereocenters. The van der Waals surface area contributed by atoms with Crippen LogP contribution in [0.4, 0.5) is 0 Å². The standard InChI is InChI=1S/C68H117N2O7P/c1-7-10-13-16-19-22-25-28-30-32-34-35-37-38-40-42-45-48-51-54-57-60-67(71)69-65(64-76-78(73,74)75-63-62-70(4,5)6)66(59-56-53-50-47-44-27-24-21-18-15-12-9-3)77-68(72)61-58-55-52-49-46-43-41-39-36-33-31-29-26-23-20-17-14-11-8-2/h10,13,19-20,22-23,28-31,34-36,38-40,43,46,56,59,65-66H,7-9,11-12,14-18,21,24-27,32-33,37,41-42,44-45,47-55,57-58,60-64H2,1-6H3,(H-,69,71,73,74)/p+1/b13-10-,22-19-,23-20-,30-28-,31-29-,35-34-,39-36-,40-38-,46-43-,59-56+. The number of amides is 1. The van der Waals surface area contributed by atoms with Crippen LogP contribution in [0, 0.1) is 0 Å². The lowest BCUT2D eigenvalue weighted by molar-refractivity contribution is -0.870. The molecule has 1 amide bonds. The lowest BCUT2D eigenvalue weighted by atomic mass is 10.0. The first kappa shape index (κ1) is 74.4. The maximum Gasteiger partial charge on any atom is 0.472 e. The average molecular weight is 1110 g/mol. The largest absolute Gasteiger partial charge is 0.472 e. The van der Waals surface area contributed by atoms with Crippen molar-refractivity contribution in [1.82, 2.24) is 5.32 Å². The Morgan fingerprint density at radius 1 is 0.462 bits per heavy atom. The van der Waals surface area contributed by atoms with E-state index >= 15 is 0 Å². The molecular weight excluding hydrogens is 988 g/mol. The van der Waals surface area contributed by atoms with Crippen molar-refractivity contribution in [3.05, 3.63) is 122 Å². The summed E-state index contributed by atoms with van der Waals surface area (Å²) in [5, 5.41) is 3.04. The number of carbonyl (C=O) groups is 2. The van der Waals surface area contributed by atoms with Crippen LogP contribution < -0.4 is 5.32 Å². The summed E-state index contributed by atoms with van der Waals surface area (Å²) in [5.74, 6) is -0.571. The quantitative estimate of drug-likeness (QED) is 0.0205. The number of nitrogens with one attached hydrogen (secondary N) is 1. The number of ether oxygens (including phenoxy) is 1. The lowest BCUT2D eigenvalue weighted by Crippen LogP contribution is -2.47. The zero-order valence-corrected chi connectivity index (χ0v) is 51.8. The summed E-state index contributed by atoms with van der Waals surface area (Å²) < 4.78 is 30.7. The van der Waals surface area contributed by atoms with Crippen molar-refractivity contribution in [3.63, 3.8) is 0 Å². The molecule has 0 fully saturated rings. The first-order valence-corrected chi connectivity index (χ1v) is 32.9. The van der Waals surface area contributed by atoms with Gasteiger partial charge in [-0.1, -0.05) is 233 Å². The van der Waals surface area contributed by atoms with E-state index in [0.717, 1.165) is 122 Å². The van der Waals surface area contributed by atoms with Crippen LogP contribution in [0.3, 0.4) is 0 Å². The fraction of sp³-hybridized carbons (Fsp3) is 0.676. The van der Waals surface area contributed by atoms with Crippen molar-refractivity contribution in [2.75, 3.05) is 40.9 Å². The van der Waals surface area contributed by atoms with Gasteiger partial charge in [-0.15, -0.1) is 0 Å². The van der Waals surface area contributed by atoms with Crippen molar-refractivity contribution in [2.24, 2.45) is 0 Å². The van der Waals surface area contributed by atoms with E-state index in [1.807, 2.05) is 33.3 Å². The second-order valence-electron chi connectivity index (χ2n) is 21.8. The van der Waals surface area contributed by atoms with Crippen LogP contribution in [0.2, 0.25) is 0 Å². The predicted molar refractivity (Wildman–Crippen MR) is 336 cm³/mol. The monoisotopic (exact) mass is 1110 g/mol. The van der Waals surface area contributed by atoms with E-state index in [2.05, 4.69) is 135 Å². The van der Waals surface area contributed by atoms with Crippen LogP contribution in [0.25, 0.3) is 0 Å². The molecule has 3 unspecified atom stereocenters. The van der Waals surface area contributed by atoms with Crippen molar-refractivity contribution >= 4 is 19.7 Å². The summed E-state index contributed by atoms with van der Waals surface area (Å²) >= 11 is 0. The molecule has 0 aliphatic heterocycles. The van der Waals surface area contributed by atoms with Gasteiger partial charge in [-0.3, -0.25) is 18.6 Å². The van der Waals surface area contributed by atoms with Gasteiger partial charge in [0.2, 0.25) is 5.91 Å². The molecular formula is C68H118N2O7P+. The fourth-order valence-corrected chi connectivity index (χ4v) is 9.04. The molecule has 0 bridgehead atoms. The van der Waals surface area contributed by atoms with Crippen molar-refractivity contribution in [1.29, 1.82) is 0 Å². The molecule has 0 aliphatic carbocycles. The Bertz CT molecular complexity index is 1750. The zero-order valence-electron chi connectivity index (χ0n) is 50.9. The van der Waals surface area contributed by atoms with Gasteiger partial charge in [0.05, 0.1) is 33.8 Å². The van der Waals surface area contributed by atoms with E-state index in [1.165, 1.54) is 77.0 Å². The highest BCUT2D eigenvalue weighted by molar-refractivity contribution is 7.47. The average Bonchev–Trinajstić information content (AvgIpc) is 3.40. The SMILES string of the molecule is CC/C=C\C/C=C\C/C=C\C/C=C\C/C=C\CCCCCCCC(=O)NC(COP(=O)(O)OCC[N+](C)(C)C)C(/C=C/CCCCCCCCCCCC)OC(=O)CCCCC/C=C\C/C=C\C/C=C\C/C=C\CCCCC. The highest BCUT2D eigenvalue weighted by Crippen LogP contribution is 2.43. The van der Waals surface area contributed by atoms with Crippen molar-refractivity contribution in [2.45, 2.75) is 258 Å². The Morgan fingerprint density at radius 3 is 1.27 bits per heavy atom. The second-order valence-corrected chi connectivity index (χ2v) is 23.3. The zero-order chi connectivity index (χ0) is 57.2. The Labute approximate surface area is 480 Å². The molecule has 9 nitrogen and oxygen atoms in total. The van der Waals surface area contributed by atoms with E-state index in [4.69, 9.17) is 13.8 Å². The van der Waals surface area contributed by atoms with Crippen molar-refractivity contribution < 1.29 is 37.3 Å². The van der Waals surface area contributed by atoms with Gasteiger partial charge in [-0.05, 0) is 122 Å². The number of phosphoric ester groups is 1. The molecule has 0 aromatic carbocycles. The van der Waals surface area contributed by atoms with E-state index in [-0.39, 0.29) is 31.5 Å². The number of hydrogen-bond acceptors (Lipinski definition) is 6. The molecule has 78 heavy (non-hydrogen) atoms. The summed E-state index contributed by atoms with van der Waals surface area (Å²) in [7, 11) is 1.45. The van der Waals surface area contributed by atoms with Gasteiger partial charge in [-0.2, -0.15) is 0 Å². The summed E-state index contributed by atoms with van der Waals surface area (Å²) in [6.45, 7) is 6.82. The minimum atomic E-state index is -4.47. The highest BCUT2D eigenvalue weighted by atomic mass is 31.2. The number of carbonyl (C=O) groups excluding carboxylic acids is 2. The summed E-state index contributed by atoms with van der Waals surface area (Å²) in [4.78, 5) is 37.7. The number of nitrogens with zero attached hydrogens (tertiary/aromatic N) is 1. The normalized spacial score (nSPS) is 14.5. The molecule has 446 valence electrons. The Balaban J connectivity index is 5.36. The maximum absolute atomic E-state index is 13.6. The third-order valence-corrected chi connectivity index (χ3v) is 14.1. The Hall–Kier alpha value is -3.59. The van der Waals surface area contributed by atoms with Gasteiger partial charge < -0.3 is 19.4 Å². The van der Waals surface area contributed by atoms with Crippen molar-refractivity contribution in [3.8, 4) is 0 Å². The summed E-state index contributed by atoms with van der Waals surface area (Å²) in [6.07, 6.45) is 79.1. The molecule has 0 saturated carbocycles. The van der Waals surface area contributed by atoms with Gasteiger partial charge in [0, 0.05) is 12.8 Å². The van der Waals surface area contributed by atoms with Crippen LogP contribution in [-0.2, 0) is 27.9 Å². The predicted octanol–water partition coefficient (Wildman–Crippen LogP) is 19.5. The Kier molecular flexibility index (Phi) is 54.1. The van der Waals surface area contributed by atoms with Gasteiger partial charge in [0.1, 0.15) is 19.3 Å². The number of hydrogen-bond donors (Lipinski definition) is 2. The van der Waals surface area contributed by atoms with Crippen LogP contribution in [-0.4, -0.2) is 74.3 Å². The number of allylic oxidation sites excluding steroid dienone is 19.